The zero-order valence-corrected chi connectivity index (χ0v) is 11.4. The Kier molecular flexibility index (Phi) is 4.16. The molecule has 1 atom stereocenters. The summed E-state index contributed by atoms with van der Waals surface area (Å²) < 4.78 is 11.3. The molecule has 0 radical (unpaired) electrons. The fourth-order valence-electron chi connectivity index (χ4n) is 1.67. The number of rotatable bonds is 5. The average Bonchev–Trinajstić information content (AvgIpc) is 2.39. The topological polar surface area (TPSA) is 101 Å². The maximum Gasteiger partial charge on any atom is 0.260 e. The highest BCUT2D eigenvalue weighted by atomic mass is 32.2. The Labute approximate surface area is 112 Å². The van der Waals surface area contributed by atoms with Crippen LogP contribution in [0.3, 0.4) is 0 Å². The van der Waals surface area contributed by atoms with Crippen molar-refractivity contribution in [2.75, 3.05) is 29.1 Å². The number of H-pyrrole nitrogens is 1. The van der Waals surface area contributed by atoms with Gasteiger partial charge in [-0.05, 0) is 18.2 Å². The minimum absolute atomic E-state index is 0.239. The maximum absolute atomic E-state index is 11.9. The molecule has 6 nitrogen and oxygen atoms in total. The van der Waals surface area contributed by atoms with Gasteiger partial charge in [-0.25, -0.2) is 4.98 Å². The lowest BCUT2D eigenvalue weighted by molar-refractivity contribution is 0.684. The molecule has 1 aromatic heterocycles. The molecular formula is C12H16N4O2S. The van der Waals surface area contributed by atoms with E-state index in [9.17, 15) is 9.00 Å². The van der Waals surface area contributed by atoms with Gasteiger partial charge in [0.2, 0.25) is 5.95 Å². The molecule has 0 amide bonds. The number of nitrogens with two attached hydrogens (primary N) is 1. The summed E-state index contributed by atoms with van der Waals surface area (Å²) in [6.07, 6.45) is 0. The van der Waals surface area contributed by atoms with E-state index in [1.54, 1.807) is 18.2 Å². The number of hydrogen-bond donors (Lipinski definition) is 3. The van der Waals surface area contributed by atoms with Crippen LogP contribution in [-0.4, -0.2) is 32.2 Å². The van der Waals surface area contributed by atoms with Crippen LogP contribution in [0.15, 0.2) is 23.0 Å². The molecule has 1 unspecified atom stereocenters. The molecule has 102 valence electrons. The van der Waals surface area contributed by atoms with E-state index in [1.807, 2.05) is 6.92 Å². The number of aromatic nitrogens is 2. The molecule has 1 heterocycles. The van der Waals surface area contributed by atoms with Crippen molar-refractivity contribution < 1.29 is 4.21 Å². The van der Waals surface area contributed by atoms with Crippen LogP contribution in [0, 0.1) is 0 Å². The summed E-state index contributed by atoms with van der Waals surface area (Å²) in [4.78, 5) is 18.8. The quantitative estimate of drug-likeness (QED) is 0.699. The van der Waals surface area contributed by atoms with Crippen molar-refractivity contribution in [3.8, 4) is 0 Å². The minimum Gasteiger partial charge on any atom is -0.399 e. The predicted molar refractivity (Wildman–Crippen MR) is 78.8 cm³/mol. The van der Waals surface area contributed by atoms with Gasteiger partial charge in [0.25, 0.3) is 5.56 Å². The molecule has 0 fully saturated rings. The van der Waals surface area contributed by atoms with Crippen molar-refractivity contribution >= 4 is 33.3 Å². The monoisotopic (exact) mass is 280 g/mol. The largest absolute Gasteiger partial charge is 0.399 e. The fourth-order valence-corrected chi connectivity index (χ4v) is 2.29. The molecule has 0 saturated carbocycles. The van der Waals surface area contributed by atoms with E-state index in [4.69, 9.17) is 5.73 Å². The Morgan fingerprint density at radius 1 is 1.47 bits per heavy atom. The van der Waals surface area contributed by atoms with Gasteiger partial charge in [0.15, 0.2) is 0 Å². The molecule has 0 aliphatic carbocycles. The third-order valence-electron chi connectivity index (χ3n) is 2.67. The zero-order chi connectivity index (χ0) is 13.8. The summed E-state index contributed by atoms with van der Waals surface area (Å²) in [6.45, 7) is 2.38. The first-order valence-corrected chi connectivity index (χ1v) is 7.47. The number of nitrogen functional groups attached to an aromatic ring is 1. The third kappa shape index (κ3) is 3.31. The fraction of sp³-hybridized carbons (Fsp3) is 0.333. The average molecular weight is 280 g/mol. The van der Waals surface area contributed by atoms with Crippen LogP contribution in [0.2, 0.25) is 0 Å². The lowest BCUT2D eigenvalue weighted by Gasteiger charge is -2.06. The van der Waals surface area contributed by atoms with Crippen molar-refractivity contribution in [1.82, 2.24) is 9.97 Å². The smallest absolute Gasteiger partial charge is 0.260 e. The lowest BCUT2D eigenvalue weighted by atomic mass is 10.2. The van der Waals surface area contributed by atoms with Crippen molar-refractivity contribution in [2.45, 2.75) is 6.92 Å². The van der Waals surface area contributed by atoms with E-state index < -0.39 is 10.8 Å². The first-order valence-electron chi connectivity index (χ1n) is 5.98. The molecule has 0 saturated heterocycles. The number of nitrogens with zero attached hydrogens (tertiary/aromatic N) is 1. The van der Waals surface area contributed by atoms with Gasteiger partial charge in [-0.15, -0.1) is 0 Å². The summed E-state index contributed by atoms with van der Waals surface area (Å²) in [5.74, 6) is 1.54. The van der Waals surface area contributed by atoms with Crippen molar-refractivity contribution in [1.29, 1.82) is 0 Å². The second-order valence-electron chi connectivity index (χ2n) is 4.05. The Balaban J connectivity index is 2.19. The summed E-state index contributed by atoms with van der Waals surface area (Å²) in [5.41, 5.74) is 6.50. The van der Waals surface area contributed by atoms with Gasteiger partial charge >= 0.3 is 0 Å². The van der Waals surface area contributed by atoms with E-state index in [2.05, 4.69) is 15.3 Å². The first kappa shape index (κ1) is 13.5. The van der Waals surface area contributed by atoms with E-state index >= 15 is 0 Å². The van der Waals surface area contributed by atoms with Crippen LogP contribution in [-0.2, 0) is 10.8 Å². The standard InChI is InChI=1S/C12H16N4O2S/c1-2-19(18)6-5-14-12-15-10-4-3-8(13)7-9(10)11(17)16-12/h3-4,7H,2,5-6,13H2,1H3,(H2,14,15,16,17). The van der Waals surface area contributed by atoms with Gasteiger partial charge in [0.1, 0.15) is 0 Å². The number of hydrogen-bond acceptors (Lipinski definition) is 5. The van der Waals surface area contributed by atoms with Crippen molar-refractivity contribution in [3.05, 3.63) is 28.6 Å². The molecule has 1 aromatic carbocycles. The predicted octanol–water partition coefficient (Wildman–Crippen LogP) is 0.686. The van der Waals surface area contributed by atoms with E-state index in [1.165, 1.54) is 0 Å². The van der Waals surface area contributed by atoms with Gasteiger partial charge in [0.05, 0.1) is 10.9 Å². The molecule has 0 spiro atoms. The first-order chi connectivity index (χ1) is 9.10. The van der Waals surface area contributed by atoms with Crippen molar-refractivity contribution in [2.24, 2.45) is 0 Å². The summed E-state index contributed by atoms with van der Waals surface area (Å²) >= 11 is 0. The Morgan fingerprint density at radius 2 is 2.26 bits per heavy atom. The summed E-state index contributed by atoms with van der Waals surface area (Å²) in [7, 11) is -0.835. The number of aromatic amines is 1. The van der Waals surface area contributed by atoms with Crippen LogP contribution < -0.4 is 16.6 Å². The molecule has 2 aromatic rings. The van der Waals surface area contributed by atoms with Gasteiger partial charge in [-0.3, -0.25) is 14.0 Å². The molecule has 4 N–H and O–H groups in total. The van der Waals surface area contributed by atoms with Crippen LogP contribution >= 0.6 is 0 Å². The highest BCUT2D eigenvalue weighted by Crippen LogP contribution is 2.12. The van der Waals surface area contributed by atoms with Gasteiger partial charge < -0.3 is 11.1 Å². The second kappa shape index (κ2) is 5.83. The SMILES string of the molecule is CCS(=O)CCNc1nc2ccc(N)cc2c(=O)[nH]1. The number of benzene rings is 1. The number of fused-ring (bicyclic) bond motifs is 1. The van der Waals surface area contributed by atoms with Crippen LogP contribution in [0.1, 0.15) is 6.92 Å². The molecule has 19 heavy (non-hydrogen) atoms. The summed E-state index contributed by atoms with van der Waals surface area (Å²) in [5, 5.41) is 3.43. The highest BCUT2D eigenvalue weighted by Gasteiger charge is 2.04. The van der Waals surface area contributed by atoms with Gasteiger partial charge in [-0.1, -0.05) is 6.92 Å². The van der Waals surface area contributed by atoms with Gasteiger partial charge in [-0.2, -0.15) is 0 Å². The molecule has 0 aliphatic rings. The minimum atomic E-state index is -0.835. The second-order valence-corrected chi connectivity index (χ2v) is 5.92. The normalized spacial score (nSPS) is 12.5. The Morgan fingerprint density at radius 3 is 3.00 bits per heavy atom. The molecule has 0 aliphatic heterocycles. The Hall–Kier alpha value is -1.89. The van der Waals surface area contributed by atoms with Crippen LogP contribution in [0.5, 0.6) is 0 Å². The number of anilines is 2. The van der Waals surface area contributed by atoms with Gasteiger partial charge in [0, 0.05) is 34.5 Å². The molecule has 7 heteroatoms. The zero-order valence-electron chi connectivity index (χ0n) is 10.6. The van der Waals surface area contributed by atoms with Crippen LogP contribution in [0.25, 0.3) is 10.9 Å². The van der Waals surface area contributed by atoms with E-state index in [0.717, 1.165) is 0 Å². The van der Waals surface area contributed by atoms with Crippen molar-refractivity contribution in [3.63, 3.8) is 0 Å². The highest BCUT2D eigenvalue weighted by molar-refractivity contribution is 7.84. The van der Waals surface area contributed by atoms with E-state index in [0.29, 0.717) is 40.6 Å². The molecule has 2 rings (SSSR count). The Bertz CT molecular complexity index is 668. The third-order valence-corrected chi connectivity index (χ3v) is 3.98. The maximum atomic E-state index is 11.9. The van der Waals surface area contributed by atoms with Crippen LogP contribution in [0.4, 0.5) is 11.6 Å². The van der Waals surface area contributed by atoms with E-state index in [-0.39, 0.29) is 5.56 Å². The molecular weight excluding hydrogens is 264 g/mol. The molecule has 0 bridgehead atoms. The lowest BCUT2D eigenvalue weighted by Crippen LogP contribution is -2.17. The summed E-state index contributed by atoms with van der Waals surface area (Å²) in [6, 6.07) is 5.00. The number of nitrogens with one attached hydrogen (secondary N) is 2.